The predicted octanol–water partition coefficient (Wildman–Crippen LogP) is 6.66. The van der Waals surface area contributed by atoms with Crippen LogP contribution in [0.25, 0.3) is 6.08 Å². The Balaban J connectivity index is 1.51. The Morgan fingerprint density at radius 2 is 1.70 bits per heavy atom. The van der Waals surface area contributed by atoms with Crippen molar-refractivity contribution in [1.82, 2.24) is 4.57 Å². The van der Waals surface area contributed by atoms with Crippen LogP contribution in [0.5, 0.6) is 5.75 Å². The summed E-state index contributed by atoms with van der Waals surface area (Å²) < 4.78 is 16.1. The Morgan fingerprint density at radius 3 is 2.35 bits per heavy atom. The zero-order valence-electron chi connectivity index (χ0n) is 21.5. The van der Waals surface area contributed by atoms with E-state index in [1.807, 2.05) is 72.8 Å². The number of carbonyl (C=O) groups is 1. The summed E-state index contributed by atoms with van der Waals surface area (Å²) in [6.45, 7) is 4.19. The number of fused-ring (bicyclic) bond motifs is 1. The number of rotatable bonds is 7. The van der Waals surface area contributed by atoms with Gasteiger partial charge < -0.3 is 9.47 Å². The maximum atomic E-state index is 13.8. The van der Waals surface area contributed by atoms with Crippen LogP contribution in [0.3, 0.4) is 0 Å². The monoisotopic (exact) mass is 744 g/mol. The molecule has 2 heterocycles. The first-order valence-corrected chi connectivity index (χ1v) is 15.6. The minimum atomic E-state index is -0.647. The molecule has 6 nitrogen and oxygen atoms in total. The second-order valence-corrected chi connectivity index (χ2v) is 12.7. The third kappa shape index (κ3) is 6.10. The summed E-state index contributed by atoms with van der Waals surface area (Å²) in [6, 6.07) is 20.6. The molecule has 0 unspecified atom stereocenters. The summed E-state index contributed by atoms with van der Waals surface area (Å²) in [6.07, 6.45) is 1.83. The molecule has 0 N–H and O–H groups in total. The Hall–Kier alpha value is -2.79. The molecule has 0 saturated heterocycles. The molecule has 10 heteroatoms. The van der Waals surface area contributed by atoms with Crippen molar-refractivity contribution in [3.8, 4) is 5.75 Å². The minimum Gasteiger partial charge on any atom is -0.488 e. The van der Waals surface area contributed by atoms with Crippen LogP contribution in [0.4, 0.5) is 0 Å². The lowest BCUT2D eigenvalue weighted by molar-refractivity contribution is -0.139. The van der Waals surface area contributed by atoms with Gasteiger partial charge in [-0.3, -0.25) is 9.36 Å². The summed E-state index contributed by atoms with van der Waals surface area (Å²) in [5, 5.41) is 0. The van der Waals surface area contributed by atoms with Gasteiger partial charge in [0.1, 0.15) is 12.4 Å². The van der Waals surface area contributed by atoms with Crippen molar-refractivity contribution in [2.45, 2.75) is 26.5 Å². The lowest BCUT2D eigenvalue weighted by atomic mass is 9.96. The number of ether oxygens (including phenoxy) is 2. The fourth-order valence-electron chi connectivity index (χ4n) is 4.37. The van der Waals surface area contributed by atoms with Gasteiger partial charge >= 0.3 is 5.97 Å². The van der Waals surface area contributed by atoms with Gasteiger partial charge in [-0.2, -0.15) is 0 Å². The van der Waals surface area contributed by atoms with Gasteiger partial charge in [-0.25, -0.2) is 9.79 Å². The van der Waals surface area contributed by atoms with Crippen LogP contribution in [0.15, 0.2) is 101 Å². The van der Waals surface area contributed by atoms with Crippen molar-refractivity contribution in [3.63, 3.8) is 0 Å². The number of thiazole rings is 1. The fourth-order valence-corrected chi connectivity index (χ4v) is 6.46. The molecule has 0 radical (unpaired) electrons. The summed E-state index contributed by atoms with van der Waals surface area (Å²) >= 11 is 11.8. The fraction of sp³-hybridized carbons (Fsp3) is 0.167. The van der Waals surface area contributed by atoms with E-state index in [4.69, 9.17) is 9.47 Å². The van der Waals surface area contributed by atoms with Crippen molar-refractivity contribution in [2.24, 2.45) is 4.99 Å². The van der Waals surface area contributed by atoms with E-state index in [0.29, 0.717) is 33.0 Å². The van der Waals surface area contributed by atoms with Crippen LogP contribution in [-0.4, -0.2) is 17.1 Å². The van der Waals surface area contributed by atoms with Crippen molar-refractivity contribution in [2.75, 3.05) is 6.61 Å². The lowest BCUT2D eigenvalue weighted by Gasteiger charge is -2.24. The van der Waals surface area contributed by atoms with E-state index in [2.05, 4.69) is 52.8 Å². The Kier molecular flexibility index (Phi) is 8.89. The molecule has 204 valence electrons. The molecule has 3 aromatic carbocycles. The first-order valence-electron chi connectivity index (χ1n) is 12.4. The maximum Gasteiger partial charge on any atom is 0.338 e. The molecule has 1 atom stereocenters. The molecular weight excluding hydrogens is 724 g/mol. The van der Waals surface area contributed by atoms with E-state index in [9.17, 15) is 9.59 Å². The molecule has 40 heavy (non-hydrogen) atoms. The zero-order chi connectivity index (χ0) is 28.4. The van der Waals surface area contributed by atoms with Gasteiger partial charge in [0.05, 0.1) is 32.9 Å². The summed E-state index contributed by atoms with van der Waals surface area (Å²) in [5.74, 6) is 0.222. The van der Waals surface area contributed by atoms with Crippen molar-refractivity contribution in [1.29, 1.82) is 0 Å². The molecule has 0 spiro atoms. The highest BCUT2D eigenvalue weighted by Gasteiger charge is 2.33. The van der Waals surface area contributed by atoms with Crippen LogP contribution in [0.2, 0.25) is 0 Å². The Bertz CT molecular complexity index is 1790. The number of hydrogen-bond acceptors (Lipinski definition) is 6. The van der Waals surface area contributed by atoms with E-state index in [-0.39, 0.29) is 12.2 Å². The lowest BCUT2D eigenvalue weighted by Crippen LogP contribution is -2.39. The summed E-state index contributed by atoms with van der Waals surface area (Å²) in [7, 11) is 0. The SMILES string of the molecule is CCOC(=O)C1=C(C)N=c2s/c(=C\c3ccc(OCc4ccc(Br)cc4)c(Br)c3)c(=O)n2[C@@H]1c1ccc(Br)cc1. The van der Waals surface area contributed by atoms with Gasteiger partial charge in [-0.15, -0.1) is 0 Å². The smallest absolute Gasteiger partial charge is 0.338 e. The molecular formula is C30H23Br3N2O4S. The van der Waals surface area contributed by atoms with Gasteiger partial charge in [-0.05, 0) is 88.9 Å². The third-order valence-electron chi connectivity index (χ3n) is 6.26. The molecule has 0 fully saturated rings. The van der Waals surface area contributed by atoms with Gasteiger partial charge in [0.2, 0.25) is 0 Å². The van der Waals surface area contributed by atoms with Crippen molar-refractivity contribution in [3.05, 3.63) is 128 Å². The van der Waals surface area contributed by atoms with Crippen molar-refractivity contribution < 1.29 is 14.3 Å². The van der Waals surface area contributed by atoms with Gasteiger partial charge in [-0.1, -0.05) is 73.5 Å². The number of esters is 1. The first kappa shape index (κ1) is 28.7. The number of allylic oxidation sites excluding steroid dienone is 1. The van der Waals surface area contributed by atoms with Crippen LogP contribution >= 0.6 is 59.1 Å². The van der Waals surface area contributed by atoms with E-state index in [1.54, 1.807) is 18.4 Å². The predicted molar refractivity (Wildman–Crippen MR) is 167 cm³/mol. The standard InChI is InChI=1S/C30H23Br3N2O4S/c1-3-38-29(37)26-17(2)34-30-35(27(26)20-7-11-22(32)12-8-20)28(36)25(40-30)15-19-6-13-24(23(33)14-19)39-16-18-4-9-21(31)10-5-18/h4-15,27H,3,16H2,1-2H3/b25-15-/t27-/m1/s1. The maximum absolute atomic E-state index is 13.8. The highest BCUT2D eigenvalue weighted by Crippen LogP contribution is 2.31. The number of nitrogens with zero attached hydrogens (tertiary/aromatic N) is 2. The normalized spacial score (nSPS) is 15.0. The quantitative estimate of drug-likeness (QED) is 0.199. The average molecular weight is 747 g/mol. The van der Waals surface area contributed by atoms with E-state index < -0.39 is 12.0 Å². The summed E-state index contributed by atoms with van der Waals surface area (Å²) in [4.78, 5) is 32.0. The molecule has 1 aliphatic rings. The molecule has 0 aliphatic carbocycles. The van der Waals surface area contributed by atoms with Crippen LogP contribution in [0, 0.1) is 0 Å². The molecule has 1 aliphatic heterocycles. The largest absolute Gasteiger partial charge is 0.488 e. The number of carbonyl (C=O) groups excluding carboxylic acids is 1. The van der Waals surface area contributed by atoms with Crippen molar-refractivity contribution >= 4 is 71.2 Å². The third-order valence-corrected chi connectivity index (χ3v) is 8.92. The second kappa shape index (κ2) is 12.4. The second-order valence-electron chi connectivity index (χ2n) is 8.96. The highest BCUT2D eigenvalue weighted by atomic mass is 79.9. The molecule has 0 saturated carbocycles. The number of halogens is 3. The van der Waals surface area contributed by atoms with Gasteiger partial charge in [0.15, 0.2) is 4.80 Å². The highest BCUT2D eigenvalue weighted by molar-refractivity contribution is 9.11. The van der Waals surface area contributed by atoms with Gasteiger partial charge in [0.25, 0.3) is 5.56 Å². The molecule has 5 rings (SSSR count). The summed E-state index contributed by atoms with van der Waals surface area (Å²) in [5.41, 5.74) is 3.35. The van der Waals surface area contributed by atoms with Crippen LogP contribution < -0.4 is 19.6 Å². The number of hydrogen-bond donors (Lipinski definition) is 0. The van der Waals surface area contributed by atoms with E-state index in [1.165, 1.54) is 11.3 Å². The molecule has 0 bridgehead atoms. The Morgan fingerprint density at radius 1 is 1.02 bits per heavy atom. The molecule has 1 aromatic heterocycles. The topological polar surface area (TPSA) is 69.9 Å². The van der Waals surface area contributed by atoms with E-state index >= 15 is 0 Å². The zero-order valence-corrected chi connectivity index (χ0v) is 27.1. The van der Waals surface area contributed by atoms with Crippen LogP contribution in [-0.2, 0) is 16.1 Å². The van der Waals surface area contributed by atoms with Crippen LogP contribution in [0.1, 0.15) is 36.6 Å². The number of aromatic nitrogens is 1. The molecule has 0 amide bonds. The minimum absolute atomic E-state index is 0.224. The number of benzene rings is 3. The first-order chi connectivity index (χ1) is 19.2. The molecule has 4 aromatic rings. The van der Waals surface area contributed by atoms with Gasteiger partial charge in [0, 0.05) is 8.95 Å². The average Bonchev–Trinajstić information content (AvgIpc) is 3.23. The Labute approximate surface area is 260 Å². The van der Waals surface area contributed by atoms with E-state index in [0.717, 1.165) is 30.1 Å².